The summed E-state index contributed by atoms with van der Waals surface area (Å²) in [6.07, 6.45) is 2.18. The van der Waals surface area contributed by atoms with Gasteiger partial charge in [-0.15, -0.1) is 0 Å². The SMILES string of the molecule is COC(=O)N1C[C@H]2CC[C@@H]1C(=O)C2. The summed E-state index contributed by atoms with van der Waals surface area (Å²) < 4.78 is 4.63. The first-order valence-electron chi connectivity index (χ1n) is 4.59. The van der Waals surface area contributed by atoms with Crippen LogP contribution in [-0.4, -0.2) is 36.5 Å². The number of carbonyl (C=O) groups is 2. The van der Waals surface area contributed by atoms with Gasteiger partial charge in [-0.25, -0.2) is 4.79 Å². The molecule has 72 valence electrons. The van der Waals surface area contributed by atoms with Crippen molar-refractivity contribution in [3.8, 4) is 0 Å². The van der Waals surface area contributed by atoms with E-state index in [1.54, 1.807) is 4.90 Å². The standard InChI is InChI=1S/C9H13NO3/c1-13-9(12)10-5-6-2-3-7(10)8(11)4-6/h6-7H,2-5H2,1H3/t6-,7+/m0/s1. The molecular weight excluding hydrogens is 170 g/mol. The number of rotatable bonds is 0. The summed E-state index contributed by atoms with van der Waals surface area (Å²) in [5.74, 6) is 0.574. The van der Waals surface area contributed by atoms with Crippen molar-refractivity contribution in [3.05, 3.63) is 0 Å². The quantitative estimate of drug-likeness (QED) is 0.558. The van der Waals surface area contributed by atoms with Gasteiger partial charge in [0.1, 0.15) is 0 Å². The maximum Gasteiger partial charge on any atom is 0.410 e. The molecule has 0 aromatic carbocycles. The molecule has 0 spiro atoms. The van der Waals surface area contributed by atoms with Crippen LogP contribution in [0.5, 0.6) is 0 Å². The third-order valence-corrected chi connectivity index (χ3v) is 2.95. The van der Waals surface area contributed by atoms with E-state index in [4.69, 9.17) is 0 Å². The molecule has 3 fully saturated rings. The van der Waals surface area contributed by atoms with Crippen LogP contribution in [-0.2, 0) is 9.53 Å². The molecule has 1 amide bonds. The van der Waals surface area contributed by atoms with Crippen LogP contribution in [0.1, 0.15) is 19.3 Å². The molecule has 2 atom stereocenters. The maximum atomic E-state index is 11.4. The highest BCUT2D eigenvalue weighted by atomic mass is 16.5. The average Bonchev–Trinajstić information content (AvgIpc) is 2.17. The number of methoxy groups -OCH3 is 1. The lowest BCUT2D eigenvalue weighted by Gasteiger charge is -2.42. The van der Waals surface area contributed by atoms with Gasteiger partial charge >= 0.3 is 6.09 Å². The monoisotopic (exact) mass is 183 g/mol. The Labute approximate surface area is 76.8 Å². The summed E-state index contributed by atoms with van der Waals surface area (Å²) in [5, 5.41) is 0. The van der Waals surface area contributed by atoms with Gasteiger partial charge in [-0.2, -0.15) is 0 Å². The van der Waals surface area contributed by atoms with Crippen molar-refractivity contribution in [1.29, 1.82) is 0 Å². The normalized spacial score (nSPS) is 32.1. The minimum Gasteiger partial charge on any atom is -0.453 e. The van der Waals surface area contributed by atoms with E-state index in [2.05, 4.69) is 4.74 Å². The van der Waals surface area contributed by atoms with E-state index in [-0.39, 0.29) is 17.9 Å². The number of hydrogen-bond acceptors (Lipinski definition) is 3. The Morgan fingerprint density at radius 1 is 1.54 bits per heavy atom. The lowest BCUT2D eigenvalue weighted by atomic mass is 9.79. The van der Waals surface area contributed by atoms with E-state index in [0.29, 0.717) is 18.9 Å². The molecule has 0 aromatic heterocycles. The van der Waals surface area contributed by atoms with Crippen LogP contribution in [0.2, 0.25) is 0 Å². The third-order valence-electron chi connectivity index (χ3n) is 2.95. The van der Waals surface area contributed by atoms with Crippen molar-refractivity contribution in [2.24, 2.45) is 5.92 Å². The van der Waals surface area contributed by atoms with Gasteiger partial charge in [-0.1, -0.05) is 0 Å². The molecule has 2 aliphatic heterocycles. The molecule has 0 N–H and O–H groups in total. The first-order chi connectivity index (χ1) is 6.22. The highest BCUT2D eigenvalue weighted by Crippen LogP contribution is 2.32. The molecule has 3 rings (SSSR count). The molecule has 1 saturated carbocycles. The number of piperidine rings is 2. The van der Waals surface area contributed by atoms with Crippen LogP contribution < -0.4 is 0 Å². The lowest BCUT2D eigenvalue weighted by molar-refractivity contribution is -0.131. The van der Waals surface area contributed by atoms with E-state index >= 15 is 0 Å². The van der Waals surface area contributed by atoms with E-state index in [9.17, 15) is 9.59 Å². The van der Waals surface area contributed by atoms with Gasteiger partial charge in [0, 0.05) is 13.0 Å². The molecule has 0 aromatic rings. The molecule has 1 aliphatic carbocycles. The Hall–Kier alpha value is -1.06. The van der Waals surface area contributed by atoms with Gasteiger partial charge in [0.15, 0.2) is 5.78 Å². The van der Waals surface area contributed by atoms with Crippen LogP contribution >= 0.6 is 0 Å². The number of fused-ring (bicyclic) bond motifs is 3. The van der Waals surface area contributed by atoms with Crippen LogP contribution in [0.4, 0.5) is 4.79 Å². The predicted octanol–water partition coefficient (Wildman–Crippen LogP) is 0.806. The zero-order valence-corrected chi connectivity index (χ0v) is 7.66. The molecule has 2 saturated heterocycles. The molecule has 2 bridgehead atoms. The second-order valence-corrected chi connectivity index (χ2v) is 3.75. The fourth-order valence-electron chi connectivity index (χ4n) is 2.29. The molecule has 0 radical (unpaired) electrons. The Morgan fingerprint density at radius 2 is 2.31 bits per heavy atom. The summed E-state index contributed by atoms with van der Waals surface area (Å²) in [7, 11) is 1.36. The first kappa shape index (κ1) is 8.53. The zero-order valence-electron chi connectivity index (χ0n) is 7.66. The van der Waals surface area contributed by atoms with Crippen LogP contribution in [0.3, 0.4) is 0 Å². The van der Waals surface area contributed by atoms with Gasteiger partial charge in [-0.05, 0) is 18.8 Å². The van der Waals surface area contributed by atoms with Crippen LogP contribution in [0, 0.1) is 5.92 Å². The molecule has 4 heteroatoms. The second-order valence-electron chi connectivity index (χ2n) is 3.75. The largest absolute Gasteiger partial charge is 0.453 e. The summed E-state index contributed by atoms with van der Waals surface area (Å²) in [5.41, 5.74) is 0. The van der Waals surface area contributed by atoms with Crippen LogP contribution in [0.25, 0.3) is 0 Å². The second kappa shape index (κ2) is 3.01. The predicted molar refractivity (Wildman–Crippen MR) is 45.2 cm³/mol. The number of carbonyl (C=O) groups excluding carboxylic acids is 2. The fraction of sp³-hybridized carbons (Fsp3) is 0.778. The number of Topliss-reactive ketones (excluding diaryl/α,β-unsaturated/α-hetero) is 1. The average molecular weight is 183 g/mol. The van der Waals surface area contributed by atoms with Gasteiger partial charge in [0.25, 0.3) is 0 Å². The molecule has 0 unspecified atom stereocenters. The summed E-state index contributed by atoms with van der Waals surface area (Å²) >= 11 is 0. The van der Waals surface area contributed by atoms with E-state index < -0.39 is 0 Å². The Kier molecular flexibility index (Phi) is 1.98. The van der Waals surface area contributed by atoms with Crippen molar-refractivity contribution in [2.75, 3.05) is 13.7 Å². The Balaban J connectivity index is 2.14. The Morgan fingerprint density at radius 3 is 2.85 bits per heavy atom. The smallest absolute Gasteiger partial charge is 0.410 e. The third kappa shape index (κ3) is 1.30. The molecular formula is C9H13NO3. The molecule has 2 heterocycles. The van der Waals surface area contributed by atoms with Crippen molar-refractivity contribution in [3.63, 3.8) is 0 Å². The summed E-state index contributed by atoms with van der Waals surface area (Å²) in [6, 6.07) is -0.197. The van der Waals surface area contributed by atoms with Gasteiger partial charge in [-0.3, -0.25) is 9.69 Å². The number of hydrogen-bond donors (Lipinski definition) is 0. The van der Waals surface area contributed by atoms with Gasteiger partial charge in [0.05, 0.1) is 13.2 Å². The first-order valence-corrected chi connectivity index (χ1v) is 4.59. The molecule has 4 nitrogen and oxygen atoms in total. The van der Waals surface area contributed by atoms with Crippen molar-refractivity contribution in [1.82, 2.24) is 4.90 Å². The number of nitrogens with zero attached hydrogens (tertiary/aromatic N) is 1. The van der Waals surface area contributed by atoms with Gasteiger partial charge < -0.3 is 4.74 Å². The molecule has 3 aliphatic rings. The highest BCUT2D eigenvalue weighted by Gasteiger charge is 2.42. The minimum atomic E-state index is -0.359. The van der Waals surface area contributed by atoms with Crippen molar-refractivity contribution >= 4 is 11.9 Å². The topological polar surface area (TPSA) is 46.6 Å². The lowest BCUT2D eigenvalue weighted by Crippen LogP contribution is -2.55. The van der Waals surface area contributed by atoms with Crippen LogP contribution in [0.15, 0.2) is 0 Å². The number of ketones is 1. The number of amides is 1. The number of ether oxygens (including phenoxy) is 1. The minimum absolute atomic E-state index is 0.197. The fourth-order valence-corrected chi connectivity index (χ4v) is 2.29. The van der Waals surface area contributed by atoms with Gasteiger partial charge in [0.2, 0.25) is 0 Å². The highest BCUT2D eigenvalue weighted by molar-refractivity contribution is 5.89. The zero-order chi connectivity index (χ0) is 9.42. The maximum absolute atomic E-state index is 11.4. The van der Waals surface area contributed by atoms with Crippen molar-refractivity contribution < 1.29 is 14.3 Å². The summed E-state index contributed by atoms with van der Waals surface area (Å²) in [6.45, 7) is 0.698. The van der Waals surface area contributed by atoms with E-state index in [1.165, 1.54) is 7.11 Å². The summed E-state index contributed by atoms with van der Waals surface area (Å²) in [4.78, 5) is 24.3. The molecule has 13 heavy (non-hydrogen) atoms. The van der Waals surface area contributed by atoms with Crippen molar-refractivity contribution in [2.45, 2.75) is 25.3 Å². The van der Waals surface area contributed by atoms with E-state index in [0.717, 1.165) is 12.8 Å². The Bertz CT molecular complexity index is 251. The van der Waals surface area contributed by atoms with E-state index in [1.807, 2.05) is 0 Å².